The van der Waals surface area contributed by atoms with Gasteiger partial charge in [-0.05, 0) is 98.2 Å². The second kappa shape index (κ2) is 10.1. The fraction of sp³-hybridized carbons (Fsp3) is 0.857. The molecule has 12 atom stereocenters. The molecule has 0 aromatic rings. The van der Waals surface area contributed by atoms with E-state index in [4.69, 9.17) is 4.74 Å². The largest absolute Gasteiger partial charge is 0.462 e. The highest BCUT2D eigenvalue weighted by molar-refractivity contribution is 5.87. The van der Waals surface area contributed by atoms with Gasteiger partial charge in [-0.1, -0.05) is 59.3 Å². The number of aliphatic hydroxyl groups is 5. The lowest BCUT2D eigenvalue weighted by atomic mass is 9.33. The van der Waals surface area contributed by atoms with Crippen molar-refractivity contribution in [3.8, 4) is 0 Å². The highest BCUT2D eigenvalue weighted by atomic mass is 16.5. The molecule has 0 heterocycles. The normalized spacial score (nSPS) is 51.8. The van der Waals surface area contributed by atoms with Crippen LogP contribution in [-0.2, 0) is 9.53 Å². The quantitative estimate of drug-likeness (QED) is 0.185. The lowest BCUT2D eigenvalue weighted by Gasteiger charge is -2.72. The third kappa shape index (κ3) is 3.98. The molecule has 0 spiro atoms. The van der Waals surface area contributed by atoms with Crippen molar-refractivity contribution >= 4 is 5.97 Å². The van der Waals surface area contributed by atoms with Crippen LogP contribution < -0.4 is 0 Å². The molecular weight excluding hydrogens is 532 g/mol. The Morgan fingerprint density at radius 3 is 2.24 bits per heavy atom. The van der Waals surface area contributed by atoms with Crippen LogP contribution in [0.2, 0.25) is 0 Å². The summed E-state index contributed by atoms with van der Waals surface area (Å²) in [5.41, 5.74) is -1.25. The van der Waals surface area contributed by atoms with Crippen molar-refractivity contribution in [3.63, 3.8) is 0 Å². The van der Waals surface area contributed by atoms with Crippen LogP contribution in [0.25, 0.3) is 0 Å². The van der Waals surface area contributed by atoms with Gasteiger partial charge in [0.05, 0.1) is 36.4 Å². The van der Waals surface area contributed by atoms with E-state index in [-0.39, 0.29) is 41.3 Å². The summed E-state index contributed by atoms with van der Waals surface area (Å²) in [4.78, 5) is 12.8. The summed E-state index contributed by atoms with van der Waals surface area (Å²) in [6.07, 6.45) is 5.47. The lowest BCUT2D eigenvalue weighted by molar-refractivity contribution is -0.260. The molecule has 0 saturated heterocycles. The van der Waals surface area contributed by atoms with Crippen LogP contribution in [0, 0.1) is 50.2 Å². The van der Waals surface area contributed by atoms with Crippen molar-refractivity contribution in [1.29, 1.82) is 0 Å². The third-order valence-electron chi connectivity index (χ3n) is 14.5. The van der Waals surface area contributed by atoms with Crippen LogP contribution in [0.4, 0.5) is 0 Å². The highest BCUT2D eigenvalue weighted by Gasteiger charge is 2.72. The van der Waals surface area contributed by atoms with Crippen molar-refractivity contribution < 1.29 is 35.1 Å². The number of ether oxygens (including phenoxy) is 1. The molecule has 4 saturated carbocycles. The molecule has 238 valence electrons. The Bertz CT molecular complexity index is 1160. The molecule has 5 aliphatic carbocycles. The summed E-state index contributed by atoms with van der Waals surface area (Å²) < 4.78 is 5.82. The van der Waals surface area contributed by atoms with E-state index in [9.17, 15) is 30.3 Å². The van der Waals surface area contributed by atoms with Gasteiger partial charge in [0.1, 0.15) is 6.61 Å². The summed E-state index contributed by atoms with van der Waals surface area (Å²) in [6, 6.07) is 0. The zero-order chi connectivity index (χ0) is 31.3. The molecule has 7 nitrogen and oxygen atoms in total. The van der Waals surface area contributed by atoms with Crippen molar-refractivity contribution in [3.05, 3.63) is 23.3 Å². The second-order valence-electron chi connectivity index (χ2n) is 16.5. The standard InChI is InChI=1S/C35H56O7/c1-9-20(2)29(41)42-19-35-22(16-30(3,4)27(39)28(35)40)21-10-11-24-31(5)14-13-25(37)32(6,18-36)23(31)12-15-33(24,7)34(21,8)17-26(35)38/h9-10,22-28,36-40H,11-19H2,1-8H3/b20-9+/t22-,23+,24+,25-,26-,27-,28-,31-,32-,33+,34+,35-/m0/s1. The number of rotatable bonds is 4. The summed E-state index contributed by atoms with van der Waals surface area (Å²) >= 11 is 0. The fourth-order valence-electron chi connectivity index (χ4n) is 11.3. The topological polar surface area (TPSA) is 127 Å². The van der Waals surface area contributed by atoms with Gasteiger partial charge in [0, 0.05) is 11.0 Å². The molecule has 0 amide bonds. The average molecular weight is 589 g/mol. The first-order valence-electron chi connectivity index (χ1n) is 16.2. The number of hydrogen-bond acceptors (Lipinski definition) is 7. The molecule has 5 N–H and O–H groups in total. The van der Waals surface area contributed by atoms with Crippen LogP contribution in [-0.4, -0.2) is 69.1 Å². The van der Waals surface area contributed by atoms with E-state index < -0.39 is 46.6 Å². The Balaban J connectivity index is 1.61. The van der Waals surface area contributed by atoms with Crippen molar-refractivity contribution in [1.82, 2.24) is 0 Å². The van der Waals surface area contributed by atoms with Gasteiger partial charge >= 0.3 is 5.97 Å². The fourth-order valence-corrected chi connectivity index (χ4v) is 11.3. The SMILES string of the molecule is C/C=C(\C)C(=O)OC[C@@]12[C@@H](O)C[C@]3(C)C(=CC[C@@H]4[C@@]5(C)CC[C@H](O)[C@@](C)(CO)[C@@H]5CC[C@]43C)[C@@H]1CC(C)(C)[C@@H](O)[C@@H]2O. The van der Waals surface area contributed by atoms with Crippen LogP contribution in [0.1, 0.15) is 100 Å². The summed E-state index contributed by atoms with van der Waals surface area (Å²) in [5.74, 6) is -0.238. The van der Waals surface area contributed by atoms with Crippen LogP contribution in [0.5, 0.6) is 0 Å². The monoisotopic (exact) mass is 588 g/mol. The summed E-state index contributed by atoms with van der Waals surface area (Å²) in [6.45, 7) is 16.3. The Morgan fingerprint density at radius 1 is 0.952 bits per heavy atom. The molecule has 7 heteroatoms. The summed E-state index contributed by atoms with van der Waals surface area (Å²) in [5, 5.41) is 56.9. The Labute approximate surface area is 252 Å². The van der Waals surface area contributed by atoms with Gasteiger partial charge < -0.3 is 30.3 Å². The van der Waals surface area contributed by atoms with E-state index >= 15 is 0 Å². The zero-order valence-corrected chi connectivity index (χ0v) is 27.1. The predicted octanol–water partition coefficient (Wildman–Crippen LogP) is 4.54. The van der Waals surface area contributed by atoms with E-state index in [1.807, 2.05) is 13.8 Å². The number of allylic oxidation sites excluding steroid dienone is 3. The minimum atomic E-state index is -1.26. The Hall–Kier alpha value is -1.25. The lowest BCUT2D eigenvalue weighted by Crippen LogP contribution is -2.72. The maximum absolute atomic E-state index is 12.8. The van der Waals surface area contributed by atoms with E-state index in [2.05, 4.69) is 33.8 Å². The molecule has 0 aromatic heterocycles. The van der Waals surface area contributed by atoms with Gasteiger partial charge in [0.2, 0.25) is 0 Å². The Morgan fingerprint density at radius 2 is 1.62 bits per heavy atom. The minimum absolute atomic E-state index is 0.0275. The van der Waals surface area contributed by atoms with E-state index in [0.717, 1.165) is 25.7 Å². The van der Waals surface area contributed by atoms with Gasteiger partial charge in [-0.25, -0.2) is 4.79 Å². The van der Waals surface area contributed by atoms with Gasteiger partial charge in [-0.2, -0.15) is 0 Å². The van der Waals surface area contributed by atoms with Gasteiger partial charge in [0.15, 0.2) is 0 Å². The van der Waals surface area contributed by atoms with Crippen LogP contribution in [0.15, 0.2) is 23.3 Å². The molecule has 42 heavy (non-hydrogen) atoms. The van der Waals surface area contributed by atoms with Crippen LogP contribution in [0.3, 0.4) is 0 Å². The number of carbonyl (C=O) groups is 1. The number of esters is 1. The van der Waals surface area contributed by atoms with E-state index in [1.165, 1.54) is 5.57 Å². The third-order valence-corrected chi connectivity index (χ3v) is 14.5. The molecule has 4 fully saturated rings. The first-order chi connectivity index (χ1) is 19.4. The number of hydrogen-bond donors (Lipinski definition) is 5. The first kappa shape index (κ1) is 32.2. The average Bonchev–Trinajstić information content (AvgIpc) is 2.93. The zero-order valence-electron chi connectivity index (χ0n) is 27.1. The molecule has 0 radical (unpaired) electrons. The van der Waals surface area contributed by atoms with E-state index in [1.54, 1.807) is 19.9 Å². The van der Waals surface area contributed by atoms with Crippen molar-refractivity contribution in [2.24, 2.45) is 50.2 Å². The molecule has 5 rings (SSSR count). The van der Waals surface area contributed by atoms with Crippen LogP contribution >= 0.6 is 0 Å². The Kier molecular flexibility index (Phi) is 7.76. The van der Waals surface area contributed by atoms with E-state index in [0.29, 0.717) is 30.8 Å². The minimum Gasteiger partial charge on any atom is -0.462 e. The summed E-state index contributed by atoms with van der Waals surface area (Å²) in [7, 11) is 0. The number of aliphatic hydroxyl groups excluding tert-OH is 5. The van der Waals surface area contributed by atoms with Gasteiger partial charge in [-0.3, -0.25) is 0 Å². The van der Waals surface area contributed by atoms with Crippen molar-refractivity contribution in [2.45, 2.75) is 125 Å². The molecule has 0 bridgehead atoms. The number of fused-ring (bicyclic) bond motifs is 7. The molecule has 0 unspecified atom stereocenters. The molecule has 5 aliphatic rings. The maximum Gasteiger partial charge on any atom is 0.333 e. The second-order valence-corrected chi connectivity index (χ2v) is 16.5. The van der Waals surface area contributed by atoms with Gasteiger partial charge in [0.25, 0.3) is 0 Å². The molecule has 0 aliphatic heterocycles. The predicted molar refractivity (Wildman–Crippen MR) is 161 cm³/mol. The molecular formula is C35H56O7. The van der Waals surface area contributed by atoms with Gasteiger partial charge in [-0.15, -0.1) is 0 Å². The number of carbonyl (C=O) groups excluding carboxylic acids is 1. The highest BCUT2D eigenvalue weighted by Crippen LogP contribution is 2.75. The maximum atomic E-state index is 12.8. The van der Waals surface area contributed by atoms with Crippen molar-refractivity contribution in [2.75, 3.05) is 13.2 Å². The smallest absolute Gasteiger partial charge is 0.333 e. The first-order valence-corrected chi connectivity index (χ1v) is 16.2. The molecule has 0 aromatic carbocycles.